The monoisotopic (exact) mass is 1010 g/mol. The van der Waals surface area contributed by atoms with Gasteiger partial charge in [0.25, 0.3) is 17.7 Å². The van der Waals surface area contributed by atoms with E-state index in [2.05, 4.69) is 46.5 Å². The molecule has 0 saturated carbocycles. The number of nitrogens with zero attached hydrogens (tertiary/aromatic N) is 6. The van der Waals surface area contributed by atoms with E-state index in [0.717, 1.165) is 4.90 Å². The number of ether oxygens (including phenoxy) is 1. The predicted octanol–water partition coefficient (Wildman–Crippen LogP) is 1.43. The molecule has 5 rings (SSSR count). The van der Waals surface area contributed by atoms with Crippen molar-refractivity contribution in [1.82, 2.24) is 46.1 Å². The number of rotatable bonds is 27. The quantitative estimate of drug-likeness (QED) is 0.0232. The zero-order valence-electron chi connectivity index (χ0n) is 40.6. The van der Waals surface area contributed by atoms with Gasteiger partial charge in [0.1, 0.15) is 24.7 Å². The first kappa shape index (κ1) is 55.2. The molecule has 25 nitrogen and oxygen atoms in total. The van der Waals surface area contributed by atoms with Gasteiger partial charge in [0.05, 0.1) is 18.4 Å². The number of hydrogen-bond acceptors (Lipinski definition) is 17. The lowest BCUT2D eigenvalue weighted by Gasteiger charge is -2.25. The number of urea groups is 1. The lowest BCUT2D eigenvalue weighted by atomic mass is 10.0. The van der Waals surface area contributed by atoms with Gasteiger partial charge < -0.3 is 58.5 Å². The molecule has 2 aromatic carbocycles. The number of carbonyl (C=O) groups is 9. The highest BCUT2D eigenvalue weighted by Gasteiger charge is 2.29. The fraction of sp³-hybridized carbons (Fsp3) is 0.396. The number of benzene rings is 2. The normalized spacial score (nSPS) is 13.2. The summed E-state index contributed by atoms with van der Waals surface area (Å²) < 4.78 is 5.36. The zero-order valence-corrected chi connectivity index (χ0v) is 40.6. The maximum absolute atomic E-state index is 13.6. The Morgan fingerprint density at radius 1 is 0.795 bits per heavy atom. The van der Waals surface area contributed by atoms with Crippen LogP contribution in [0.4, 0.5) is 27.9 Å². The number of nitrogens with one attached hydrogen (secondary N) is 5. The van der Waals surface area contributed by atoms with E-state index >= 15 is 0 Å². The second-order valence-corrected chi connectivity index (χ2v) is 17.4. The van der Waals surface area contributed by atoms with E-state index < -0.39 is 53.8 Å². The first-order valence-electron chi connectivity index (χ1n) is 23.4. The molecule has 0 radical (unpaired) electrons. The third kappa shape index (κ3) is 17.0. The van der Waals surface area contributed by atoms with Crippen LogP contribution in [0, 0.1) is 5.92 Å². The fourth-order valence-corrected chi connectivity index (χ4v) is 7.38. The highest BCUT2D eigenvalue weighted by atomic mass is 16.5. The Morgan fingerprint density at radius 3 is 2.15 bits per heavy atom. The summed E-state index contributed by atoms with van der Waals surface area (Å²) >= 11 is 0. The van der Waals surface area contributed by atoms with Crippen LogP contribution in [0.1, 0.15) is 86.8 Å². The molecule has 3 atom stereocenters. The minimum absolute atomic E-state index is 0.0164. The zero-order chi connectivity index (χ0) is 53.2. The number of amides is 8. The topological polar surface area (TPSA) is 379 Å². The Balaban J connectivity index is 1.06. The number of aromatic nitrogens is 4. The Bertz CT molecular complexity index is 2680. The van der Waals surface area contributed by atoms with Gasteiger partial charge in [-0.2, -0.15) is 9.97 Å². The SMILES string of the molecule is CC(C)C(NC(=O)CCCCCN1C(=O)C=CC1=O)C(=O)N[C@@H](CCCNC(N)=O)C(=O)Nc1ccc(COC(=O)CC[C@H](NC(=O)c2ccc(N(C)Cc3cnc4nc(N)nc(N)c4n3)cc2)C(=O)O)cc1. The molecule has 0 spiro atoms. The molecule has 4 aromatic rings. The van der Waals surface area contributed by atoms with Crippen LogP contribution in [0.2, 0.25) is 0 Å². The van der Waals surface area contributed by atoms with Crippen LogP contribution in [0.25, 0.3) is 11.2 Å². The molecule has 1 aliphatic heterocycles. The molecule has 0 saturated heterocycles. The highest BCUT2D eigenvalue weighted by Crippen LogP contribution is 2.20. The number of fused-ring (bicyclic) bond motifs is 1. The maximum atomic E-state index is 13.6. The van der Waals surface area contributed by atoms with Gasteiger partial charge in [-0.05, 0) is 80.0 Å². The van der Waals surface area contributed by atoms with Gasteiger partial charge in [0, 0.05) is 62.1 Å². The molecule has 8 amide bonds. The standard InChI is InChI=1S/C48H60N14O11/c1-27(2)39(58-35(63)9-5-4-6-23-62-36(64)19-20-37(62)65)45(69)56-33(8-7-22-52-48(51)72)44(68)55-30-14-10-28(11-15-30)26-73-38(66)21-18-34(46(70)71)57-43(67)29-12-16-32(17-13-29)61(3)25-31-24-53-42-40(54-31)41(49)59-47(50)60-42/h10-17,19-20,24,27,33-34,39H,4-9,18,21-23,25-26H2,1-3H3,(H,55,68)(H,56,69)(H,57,67)(H,58,63)(H,70,71)(H3,51,52,72)(H4,49,50,53,59,60)/t33-,34-,39?/m0/s1. The number of carbonyl (C=O) groups excluding carboxylic acids is 8. The molecule has 0 bridgehead atoms. The van der Waals surface area contributed by atoms with Crippen LogP contribution >= 0.6 is 0 Å². The molecule has 1 aliphatic rings. The van der Waals surface area contributed by atoms with Gasteiger partial charge in [0.2, 0.25) is 23.7 Å². The summed E-state index contributed by atoms with van der Waals surface area (Å²) in [5, 5.41) is 22.9. The van der Waals surface area contributed by atoms with Crippen molar-refractivity contribution in [3.8, 4) is 0 Å². The Morgan fingerprint density at radius 2 is 1.49 bits per heavy atom. The van der Waals surface area contributed by atoms with Crippen LogP contribution in [0.5, 0.6) is 0 Å². The minimum Gasteiger partial charge on any atom is -0.480 e. The molecular weight excluding hydrogens is 949 g/mol. The molecule has 3 heterocycles. The molecular formula is C48H60N14O11. The maximum Gasteiger partial charge on any atom is 0.326 e. The largest absolute Gasteiger partial charge is 0.480 e. The number of anilines is 4. The second-order valence-electron chi connectivity index (χ2n) is 17.4. The number of nitrogen functional groups attached to an aromatic ring is 2. The first-order valence-corrected chi connectivity index (χ1v) is 23.4. The summed E-state index contributed by atoms with van der Waals surface area (Å²) in [4.78, 5) is 132. The van der Waals surface area contributed by atoms with Crippen molar-refractivity contribution in [2.45, 2.75) is 96.5 Å². The average molecular weight is 1010 g/mol. The molecule has 2 aromatic heterocycles. The van der Waals surface area contributed by atoms with E-state index in [-0.39, 0.29) is 98.4 Å². The number of imide groups is 1. The van der Waals surface area contributed by atoms with Crippen LogP contribution in [-0.4, -0.2) is 122 Å². The molecule has 1 unspecified atom stereocenters. The number of carboxylic acids is 1. The number of unbranched alkanes of at least 4 members (excludes halogenated alkanes) is 2. The number of aliphatic carboxylic acids is 1. The van der Waals surface area contributed by atoms with Crippen molar-refractivity contribution >= 4 is 87.7 Å². The van der Waals surface area contributed by atoms with Gasteiger partial charge in [-0.25, -0.2) is 19.6 Å². The van der Waals surface area contributed by atoms with Gasteiger partial charge in [-0.15, -0.1) is 0 Å². The van der Waals surface area contributed by atoms with Gasteiger partial charge in [-0.1, -0.05) is 32.4 Å². The summed E-state index contributed by atoms with van der Waals surface area (Å²) in [6.45, 7) is 3.97. The summed E-state index contributed by atoms with van der Waals surface area (Å²) in [6, 6.07) is 8.43. The predicted molar refractivity (Wildman–Crippen MR) is 265 cm³/mol. The van der Waals surface area contributed by atoms with Crippen molar-refractivity contribution in [3.05, 3.63) is 83.7 Å². The first-order chi connectivity index (χ1) is 34.8. The van der Waals surface area contributed by atoms with Gasteiger partial charge in [0.15, 0.2) is 17.0 Å². The lowest BCUT2D eigenvalue weighted by molar-refractivity contribution is -0.146. The van der Waals surface area contributed by atoms with Crippen LogP contribution < -0.4 is 48.7 Å². The molecule has 0 aliphatic carbocycles. The lowest BCUT2D eigenvalue weighted by Crippen LogP contribution is -2.54. The second kappa shape index (κ2) is 26.4. The van der Waals surface area contributed by atoms with E-state index in [0.29, 0.717) is 54.0 Å². The molecule has 12 N–H and O–H groups in total. The van der Waals surface area contributed by atoms with E-state index in [1.165, 1.54) is 30.5 Å². The average Bonchev–Trinajstić information content (AvgIpc) is 3.67. The van der Waals surface area contributed by atoms with Crippen LogP contribution in [0.15, 0.2) is 66.9 Å². The van der Waals surface area contributed by atoms with Gasteiger partial charge in [-0.3, -0.25) is 38.5 Å². The fourth-order valence-electron chi connectivity index (χ4n) is 7.38. The number of nitrogens with two attached hydrogens (primary N) is 3. The van der Waals surface area contributed by atoms with Crippen molar-refractivity contribution in [1.29, 1.82) is 0 Å². The summed E-state index contributed by atoms with van der Waals surface area (Å²) in [7, 11) is 1.80. The van der Waals surface area contributed by atoms with Gasteiger partial charge >= 0.3 is 18.0 Å². The summed E-state index contributed by atoms with van der Waals surface area (Å²) in [6.07, 6.45) is 5.34. The number of hydrogen-bond donors (Lipinski definition) is 9. The number of primary amides is 1. The van der Waals surface area contributed by atoms with Crippen molar-refractivity contribution in [2.75, 3.05) is 41.8 Å². The summed E-state index contributed by atoms with van der Waals surface area (Å²) in [5.41, 5.74) is 19.7. The van der Waals surface area contributed by atoms with Crippen LogP contribution in [0.3, 0.4) is 0 Å². The Kier molecular flexibility index (Phi) is 20.0. The summed E-state index contributed by atoms with van der Waals surface area (Å²) in [5.74, 6) is -5.33. The third-order valence-electron chi connectivity index (χ3n) is 11.4. The third-order valence-corrected chi connectivity index (χ3v) is 11.4. The highest BCUT2D eigenvalue weighted by molar-refractivity contribution is 6.12. The number of carboxylic acid groups (broad SMARTS) is 1. The van der Waals surface area contributed by atoms with Crippen molar-refractivity contribution in [3.63, 3.8) is 0 Å². The minimum atomic E-state index is -1.40. The molecule has 0 fully saturated rings. The Labute approximate surface area is 419 Å². The van der Waals surface area contributed by atoms with Crippen LogP contribution in [-0.2, 0) is 51.5 Å². The van der Waals surface area contributed by atoms with Crippen molar-refractivity contribution < 1.29 is 53.0 Å². The number of esters is 1. The Hall–Kier alpha value is -8.77. The molecule has 25 heteroatoms. The smallest absolute Gasteiger partial charge is 0.326 e. The van der Waals surface area contributed by atoms with E-state index in [1.807, 2.05) is 4.90 Å². The van der Waals surface area contributed by atoms with Crippen molar-refractivity contribution in [2.24, 2.45) is 11.7 Å². The van der Waals surface area contributed by atoms with E-state index in [1.54, 1.807) is 57.3 Å². The van der Waals surface area contributed by atoms with E-state index in [4.69, 9.17) is 21.9 Å². The molecule has 388 valence electrons. The van der Waals surface area contributed by atoms with E-state index in [9.17, 15) is 48.3 Å². The molecule has 73 heavy (non-hydrogen) atoms.